The number of amides is 1. The first-order chi connectivity index (χ1) is 14.2. The Morgan fingerprint density at radius 2 is 2.00 bits per heavy atom. The smallest absolute Gasteiger partial charge is 0.257 e. The third kappa shape index (κ3) is 3.25. The lowest BCUT2D eigenvalue weighted by atomic mass is 10.00. The summed E-state index contributed by atoms with van der Waals surface area (Å²) in [6, 6.07) is 1.99. The predicted octanol–water partition coefficient (Wildman–Crippen LogP) is 2.44. The molecule has 2 atom stereocenters. The molecule has 4 aromatic rings. The van der Waals surface area contributed by atoms with Crippen molar-refractivity contribution in [1.29, 1.82) is 0 Å². The average Bonchev–Trinajstić information content (AvgIpc) is 3.49. The number of piperidine rings is 1. The summed E-state index contributed by atoms with van der Waals surface area (Å²) < 4.78 is 7.91. The molecular weight excluding hydrogens is 390 g/mol. The van der Waals surface area contributed by atoms with E-state index < -0.39 is 0 Å². The number of likely N-dealkylation sites (tertiary alicyclic amines) is 1. The van der Waals surface area contributed by atoms with Crippen molar-refractivity contribution in [3.05, 3.63) is 53.4 Å². The van der Waals surface area contributed by atoms with E-state index in [1.54, 1.807) is 35.5 Å². The normalized spacial score (nSPS) is 19.6. The van der Waals surface area contributed by atoms with Crippen molar-refractivity contribution in [3.63, 3.8) is 0 Å². The van der Waals surface area contributed by atoms with Gasteiger partial charge >= 0.3 is 0 Å². The van der Waals surface area contributed by atoms with Crippen LogP contribution in [-0.2, 0) is 0 Å². The minimum Gasteiger partial charge on any atom is -0.471 e. The van der Waals surface area contributed by atoms with Crippen LogP contribution >= 0.6 is 11.3 Å². The molecule has 0 aliphatic carbocycles. The summed E-state index contributed by atoms with van der Waals surface area (Å²) in [6.45, 7) is 2.57. The molecule has 10 heteroatoms. The van der Waals surface area contributed by atoms with Gasteiger partial charge in [-0.15, -0.1) is 16.1 Å². The summed E-state index contributed by atoms with van der Waals surface area (Å²) in [7, 11) is 0. The molecule has 9 nitrogen and oxygen atoms in total. The molecule has 1 amide bonds. The van der Waals surface area contributed by atoms with E-state index in [4.69, 9.17) is 4.74 Å². The maximum absolute atomic E-state index is 13.3. The molecule has 0 saturated carbocycles. The van der Waals surface area contributed by atoms with Crippen molar-refractivity contribution in [1.82, 2.24) is 34.5 Å². The van der Waals surface area contributed by atoms with Gasteiger partial charge < -0.3 is 9.64 Å². The van der Waals surface area contributed by atoms with Crippen molar-refractivity contribution in [2.24, 2.45) is 0 Å². The zero-order chi connectivity index (χ0) is 19.8. The molecule has 148 valence electrons. The van der Waals surface area contributed by atoms with Crippen LogP contribution in [0, 0.1) is 0 Å². The summed E-state index contributed by atoms with van der Waals surface area (Å²) in [6.07, 6.45) is 9.95. The van der Waals surface area contributed by atoms with Crippen LogP contribution in [0.3, 0.4) is 0 Å². The standard InChI is InChI=1S/C19H19N7O2S/c1-13-2-3-14(28-18-16-4-5-21-25(16)9-8-20-18)10-24(13)19(27)15-11-29-12-17(15)26-22-6-7-23-26/h4-9,11-14H,2-3,10H2,1H3/t13-,14-/m1/s1. The van der Waals surface area contributed by atoms with E-state index in [9.17, 15) is 4.79 Å². The van der Waals surface area contributed by atoms with Gasteiger partial charge in [-0.3, -0.25) is 4.79 Å². The Morgan fingerprint density at radius 1 is 1.14 bits per heavy atom. The Hall–Kier alpha value is -3.27. The van der Waals surface area contributed by atoms with E-state index in [1.165, 1.54) is 16.1 Å². The number of fused-ring (bicyclic) bond motifs is 1. The lowest BCUT2D eigenvalue weighted by Gasteiger charge is -2.37. The van der Waals surface area contributed by atoms with Gasteiger partial charge in [-0.05, 0) is 25.8 Å². The fourth-order valence-corrected chi connectivity index (χ4v) is 4.41. The van der Waals surface area contributed by atoms with E-state index in [0.29, 0.717) is 23.7 Å². The fraction of sp³-hybridized carbons (Fsp3) is 0.316. The molecule has 0 aromatic carbocycles. The first-order valence-electron chi connectivity index (χ1n) is 9.39. The topological polar surface area (TPSA) is 90.4 Å². The van der Waals surface area contributed by atoms with Gasteiger partial charge in [0.2, 0.25) is 5.88 Å². The van der Waals surface area contributed by atoms with Gasteiger partial charge in [0.15, 0.2) is 0 Å². The highest BCUT2D eigenvalue weighted by Crippen LogP contribution is 2.27. The van der Waals surface area contributed by atoms with E-state index in [-0.39, 0.29) is 18.1 Å². The fourth-order valence-electron chi connectivity index (χ4n) is 3.63. The minimum atomic E-state index is -0.131. The van der Waals surface area contributed by atoms with Crippen LogP contribution in [0.1, 0.15) is 30.1 Å². The molecule has 5 heterocycles. The van der Waals surface area contributed by atoms with Crippen LogP contribution in [0.15, 0.2) is 47.8 Å². The monoisotopic (exact) mass is 409 g/mol. The van der Waals surface area contributed by atoms with Gasteiger partial charge in [-0.2, -0.15) is 15.3 Å². The molecule has 5 rings (SSSR count). The molecule has 0 N–H and O–H groups in total. The molecule has 0 spiro atoms. The second-order valence-corrected chi connectivity index (χ2v) is 7.75. The number of hydrogen-bond donors (Lipinski definition) is 0. The summed E-state index contributed by atoms with van der Waals surface area (Å²) in [5.41, 5.74) is 2.12. The van der Waals surface area contributed by atoms with Crippen LogP contribution in [-0.4, -0.2) is 59.1 Å². The number of carbonyl (C=O) groups is 1. The van der Waals surface area contributed by atoms with Crippen LogP contribution in [0.25, 0.3) is 11.2 Å². The minimum absolute atomic E-state index is 0.0325. The van der Waals surface area contributed by atoms with Crippen molar-refractivity contribution < 1.29 is 9.53 Å². The van der Waals surface area contributed by atoms with E-state index >= 15 is 0 Å². The average molecular weight is 409 g/mol. The molecule has 0 unspecified atom stereocenters. The summed E-state index contributed by atoms with van der Waals surface area (Å²) in [5.74, 6) is 0.504. The second kappa shape index (κ2) is 7.28. The van der Waals surface area contributed by atoms with E-state index in [1.807, 2.05) is 21.7 Å². The van der Waals surface area contributed by atoms with E-state index in [2.05, 4.69) is 27.2 Å². The van der Waals surface area contributed by atoms with Crippen LogP contribution in [0.4, 0.5) is 0 Å². The number of hydrogen-bond acceptors (Lipinski definition) is 7. The molecule has 1 aliphatic heterocycles. The molecule has 4 aromatic heterocycles. The van der Waals surface area contributed by atoms with Crippen LogP contribution in [0.2, 0.25) is 0 Å². The Balaban J connectivity index is 1.37. The Bertz CT molecular complexity index is 1140. The number of carbonyl (C=O) groups excluding carboxylic acids is 1. The van der Waals surface area contributed by atoms with Crippen molar-refractivity contribution in [2.45, 2.75) is 31.9 Å². The number of rotatable bonds is 4. The Morgan fingerprint density at radius 3 is 2.86 bits per heavy atom. The summed E-state index contributed by atoms with van der Waals surface area (Å²) >= 11 is 1.46. The molecule has 0 bridgehead atoms. The van der Waals surface area contributed by atoms with Gasteiger partial charge in [0.1, 0.15) is 17.3 Å². The molecule has 1 fully saturated rings. The highest BCUT2D eigenvalue weighted by Gasteiger charge is 2.32. The van der Waals surface area contributed by atoms with Crippen LogP contribution in [0.5, 0.6) is 5.88 Å². The number of ether oxygens (including phenoxy) is 1. The van der Waals surface area contributed by atoms with Gasteiger partial charge in [0.05, 0.1) is 30.7 Å². The largest absolute Gasteiger partial charge is 0.471 e. The van der Waals surface area contributed by atoms with Gasteiger partial charge in [-0.25, -0.2) is 9.50 Å². The lowest BCUT2D eigenvalue weighted by Crippen LogP contribution is -2.49. The highest BCUT2D eigenvalue weighted by molar-refractivity contribution is 7.08. The maximum atomic E-state index is 13.3. The maximum Gasteiger partial charge on any atom is 0.257 e. The van der Waals surface area contributed by atoms with Gasteiger partial charge in [0, 0.05) is 29.2 Å². The van der Waals surface area contributed by atoms with E-state index in [0.717, 1.165) is 18.4 Å². The zero-order valence-electron chi connectivity index (χ0n) is 15.8. The molecule has 1 saturated heterocycles. The SMILES string of the molecule is C[C@@H]1CC[C@@H](Oc2nccn3nccc23)CN1C(=O)c1cscc1-n1nccn1. The molecular formula is C19H19N7O2S. The first kappa shape index (κ1) is 17.8. The lowest BCUT2D eigenvalue weighted by molar-refractivity contribution is 0.0376. The number of aromatic nitrogens is 6. The zero-order valence-corrected chi connectivity index (χ0v) is 16.6. The quantitative estimate of drug-likeness (QED) is 0.514. The number of thiophene rings is 1. The second-order valence-electron chi connectivity index (χ2n) is 7.01. The van der Waals surface area contributed by atoms with Crippen molar-refractivity contribution in [3.8, 4) is 11.6 Å². The summed E-state index contributed by atoms with van der Waals surface area (Å²) in [5, 5.41) is 16.3. The molecule has 1 aliphatic rings. The Labute approximate surface area is 170 Å². The summed E-state index contributed by atoms with van der Waals surface area (Å²) in [4.78, 5) is 21.0. The molecule has 0 radical (unpaired) electrons. The third-order valence-electron chi connectivity index (χ3n) is 5.17. The van der Waals surface area contributed by atoms with Gasteiger partial charge in [0.25, 0.3) is 5.91 Å². The molecule has 29 heavy (non-hydrogen) atoms. The van der Waals surface area contributed by atoms with Crippen molar-refractivity contribution in [2.75, 3.05) is 6.54 Å². The van der Waals surface area contributed by atoms with Gasteiger partial charge in [-0.1, -0.05) is 0 Å². The van der Waals surface area contributed by atoms with Crippen LogP contribution < -0.4 is 4.74 Å². The van der Waals surface area contributed by atoms with Crippen molar-refractivity contribution >= 4 is 22.8 Å². The first-order valence-corrected chi connectivity index (χ1v) is 10.3. The predicted molar refractivity (Wildman–Crippen MR) is 106 cm³/mol. The Kier molecular flexibility index (Phi) is 4.47. The highest BCUT2D eigenvalue weighted by atomic mass is 32.1. The number of nitrogens with zero attached hydrogens (tertiary/aromatic N) is 7. The third-order valence-corrected chi connectivity index (χ3v) is 5.90.